The minimum Gasteiger partial charge on any atom is -0.496 e. The lowest BCUT2D eigenvalue weighted by Gasteiger charge is -2.36. The fourth-order valence-corrected chi connectivity index (χ4v) is 2.78. The summed E-state index contributed by atoms with van der Waals surface area (Å²) < 4.78 is 10.9. The Morgan fingerprint density at radius 3 is 2.35 bits per heavy atom. The molecular formula is C13H19NO2S. The Bertz CT molecular complexity index is 403. The van der Waals surface area contributed by atoms with Gasteiger partial charge >= 0.3 is 0 Å². The number of thioether (sulfide) groups is 1. The Kier molecular flexibility index (Phi) is 3.84. The summed E-state index contributed by atoms with van der Waals surface area (Å²) in [6.07, 6.45) is 3.19. The molecule has 0 bridgehead atoms. The quantitative estimate of drug-likeness (QED) is 0.836. The van der Waals surface area contributed by atoms with E-state index in [2.05, 4.69) is 24.4 Å². The van der Waals surface area contributed by atoms with Gasteiger partial charge in [0.1, 0.15) is 11.5 Å². The maximum absolute atomic E-state index is 5.47. The smallest absolute Gasteiger partial charge is 0.133 e. The van der Waals surface area contributed by atoms with Crippen molar-refractivity contribution in [3.63, 3.8) is 0 Å². The normalized spacial score (nSPS) is 23.1. The lowest BCUT2D eigenvalue weighted by molar-refractivity contribution is 0.277. The van der Waals surface area contributed by atoms with Gasteiger partial charge in [0.05, 0.1) is 19.1 Å². The van der Waals surface area contributed by atoms with Crippen LogP contribution in [0, 0.1) is 0 Å². The van der Waals surface area contributed by atoms with Gasteiger partial charge in [0.15, 0.2) is 0 Å². The Morgan fingerprint density at radius 2 is 1.88 bits per heavy atom. The zero-order chi connectivity index (χ0) is 12.4. The van der Waals surface area contributed by atoms with E-state index in [9.17, 15) is 0 Å². The number of ether oxygens (including phenoxy) is 2. The third-order valence-corrected chi connectivity index (χ3v) is 3.95. The molecule has 0 aliphatic carbocycles. The number of methoxy groups -OCH3 is 2. The number of hydrogen-bond donors (Lipinski definition) is 1. The van der Waals surface area contributed by atoms with Gasteiger partial charge in [-0.2, -0.15) is 0 Å². The molecule has 2 unspecified atom stereocenters. The molecule has 1 aromatic rings. The van der Waals surface area contributed by atoms with Gasteiger partial charge in [0.2, 0.25) is 0 Å². The standard InChI is InChI=1S/C13H19NO2S/c1-8-5-10(14-8)9-6-12(16-3)13(17-4)7-11(9)15-2/h6-8,10,14H,5H2,1-4H3. The first kappa shape index (κ1) is 12.6. The predicted molar refractivity (Wildman–Crippen MR) is 71.3 cm³/mol. The molecule has 1 aliphatic rings. The Balaban J connectivity index is 2.36. The third-order valence-electron chi connectivity index (χ3n) is 3.19. The Morgan fingerprint density at radius 1 is 1.24 bits per heavy atom. The zero-order valence-electron chi connectivity index (χ0n) is 10.7. The molecule has 4 heteroatoms. The van der Waals surface area contributed by atoms with E-state index in [1.807, 2.05) is 6.26 Å². The Hall–Kier alpha value is -0.870. The minimum atomic E-state index is 0.393. The molecule has 0 amide bonds. The fourth-order valence-electron chi connectivity index (χ4n) is 2.21. The topological polar surface area (TPSA) is 30.5 Å². The first-order valence-electron chi connectivity index (χ1n) is 5.75. The van der Waals surface area contributed by atoms with E-state index >= 15 is 0 Å². The molecule has 94 valence electrons. The molecule has 1 N–H and O–H groups in total. The van der Waals surface area contributed by atoms with Crippen LogP contribution in [0.2, 0.25) is 0 Å². The average Bonchev–Trinajstić information content (AvgIpc) is 2.33. The van der Waals surface area contributed by atoms with Crippen LogP contribution in [0.3, 0.4) is 0 Å². The highest BCUT2D eigenvalue weighted by molar-refractivity contribution is 7.98. The van der Waals surface area contributed by atoms with Crippen LogP contribution in [0.4, 0.5) is 0 Å². The molecule has 1 fully saturated rings. The van der Waals surface area contributed by atoms with Crippen LogP contribution < -0.4 is 14.8 Å². The van der Waals surface area contributed by atoms with Crippen molar-refractivity contribution in [1.29, 1.82) is 0 Å². The molecule has 3 nitrogen and oxygen atoms in total. The van der Waals surface area contributed by atoms with Gasteiger partial charge in [-0.3, -0.25) is 0 Å². The Labute approximate surface area is 107 Å². The summed E-state index contributed by atoms with van der Waals surface area (Å²) in [5.74, 6) is 1.87. The highest BCUT2D eigenvalue weighted by atomic mass is 32.2. The number of nitrogens with one attached hydrogen (secondary N) is 1. The molecule has 0 spiro atoms. The van der Waals surface area contributed by atoms with Crippen LogP contribution in [0.5, 0.6) is 11.5 Å². The second kappa shape index (κ2) is 5.19. The van der Waals surface area contributed by atoms with Gasteiger partial charge in [0, 0.05) is 17.6 Å². The molecule has 1 saturated heterocycles. The average molecular weight is 253 g/mol. The van der Waals surface area contributed by atoms with E-state index in [4.69, 9.17) is 9.47 Å². The van der Waals surface area contributed by atoms with Crippen LogP contribution in [0.15, 0.2) is 17.0 Å². The maximum Gasteiger partial charge on any atom is 0.133 e. The molecule has 17 heavy (non-hydrogen) atoms. The lowest BCUT2D eigenvalue weighted by Crippen LogP contribution is -2.43. The number of rotatable bonds is 4. The van der Waals surface area contributed by atoms with Crippen LogP contribution in [-0.4, -0.2) is 26.5 Å². The van der Waals surface area contributed by atoms with Crippen LogP contribution in [-0.2, 0) is 0 Å². The highest BCUT2D eigenvalue weighted by Crippen LogP contribution is 2.40. The summed E-state index contributed by atoms with van der Waals surface area (Å²) in [4.78, 5) is 1.11. The molecule has 0 aromatic heterocycles. The van der Waals surface area contributed by atoms with Crippen molar-refractivity contribution in [2.75, 3.05) is 20.5 Å². The molecule has 1 aromatic carbocycles. The van der Waals surface area contributed by atoms with Crippen molar-refractivity contribution in [2.45, 2.75) is 30.3 Å². The molecule has 0 radical (unpaired) electrons. The van der Waals surface area contributed by atoms with Crippen molar-refractivity contribution >= 4 is 11.8 Å². The maximum atomic E-state index is 5.47. The van der Waals surface area contributed by atoms with Gasteiger partial charge in [-0.15, -0.1) is 11.8 Å². The van der Waals surface area contributed by atoms with Gasteiger partial charge < -0.3 is 14.8 Å². The van der Waals surface area contributed by atoms with E-state index in [0.717, 1.165) is 22.8 Å². The van der Waals surface area contributed by atoms with Crippen molar-refractivity contribution < 1.29 is 9.47 Å². The summed E-state index contributed by atoms with van der Waals surface area (Å²) >= 11 is 1.67. The summed E-state index contributed by atoms with van der Waals surface area (Å²) in [6, 6.07) is 5.14. The summed E-state index contributed by atoms with van der Waals surface area (Å²) in [7, 11) is 3.43. The van der Waals surface area contributed by atoms with Crippen molar-refractivity contribution in [3.8, 4) is 11.5 Å². The summed E-state index contributed by atoms with van der Waals surface area (Å²) in [5, 5.41) is 3.48. The van der Waals surface area contributed by atoms with Gasteiger partial charge in [0.25, 0.3) is 0 Å². The van der Waals surface area contributed by atoms with Crippen LogP contribution in [0.1, 0.15) is 24.9 Å². The molecule has 1 heterocycles. The van der Waals surface area contributed by atoms with E-state index in [0.29, 0.717) is 12.1 Å². The minimum absolute atomic E-state index is 0.393. The molecule has 0 saturated carbocycles. The fraction of sp³-hybridized carbons (Fsp3) is 0.538. The molecule has 1 aliphatic heterocycles. The van der Waals surface area contributed by atoms with E-state index in [-0.39, 0.29) is 0 Å². The zero-order valence-corrected chi connectivity index (χ0v) is 11.6. The summed E-state index contributed by atoms with van der Waals surface area (Å²) in [5.41, 5.74) is 1.19. The lowest BCUT2D eigenvalue weighted by atomic mass is 9.91. The van der Waals surface area contributed by atoms with Crippen molar-refractivity contribution in [3.05, 3.63) is 17.7 Å². The predicted octanol–water partition coefficient (Wildman–Crippen LogP) is 2.85. The van der Waals surface area contributed by atoms with Crippen molar-refractivity contribution in [1.82, 2.24) is 5.32 Å². The van der Waals surface area contributed by atoms with Crippen LogP contribution >= 0.6 is 11.8 Å². The number of hydrogen-bond acceptors (Lipinski definition) is 4. The summed E-state index contributed by atoms with van der Waals surface area (Å²) in [6.45, 7) is 2.19. The van der Waals surface area contributed by atoms with Crippen LogP contribution in [0.25, 0.3) is 0 Å². The van der Waals surface area contributed by atoms with E-state index < -0.39 is 0 Å². The van der Waals surface area contributed by atoms with E-state index in [1.54, 1.807) is 26.0 Å². The van der Waals surface area contributed by atoms with Gasteiger partial charge in [-0.25, -0.2) is 0 Å². The largest absolute Gasteiger partial charge is 0.496 e. The first-order chi connectivity index (χ1) is 8.19. The van der Waals surface area contributed by atoms with E-state index in [1.165, 1.54) is 5.56 Å². The third kappa shape index (κ3) is 2.38. The SMILES string of the molecule is COc1cc(C2CC(C)N2)c(OC)cc1SC. The van der Waals surface area contributed by atoms with Gasteiger partial charge in [-0.1, -0.05) is 0 Å². The second-order valence-corrected chi connectivity index (χ2v) is 5.15. The first-order valence-corrected chi connectivity index (χ1v) is 6.98. The highest BCUT2D eigenvalue weighted by Gasteiger charge is 2.29. The van der Waals surface area contributed by atoms with Gasteiger partial charge in [-0.05, 0) is 31.7 Å². The molecule has 2 rings (SSSR count). The second-order valence-electron chi connectivity index (χ2n) is 4.31. The molecular weight excluding hydrogens is 234 g/mol. The van der Waals surface area contributed by atoms with Crippen molar-refractivity contribution in [2.24, 2.45) is 0 Å². The number of benzene rings is 1. The monoisotopic (exact) mass is 253 g/mol. The molecule has 2 atom stereocenters.